The van der Waals surface area contributed by atoms with Crippen molar-refractivity contribution in [1.82, 2.24) is 29.7 Å². The van der Waals surface area contributed by atoms with Crippen molar-refractivity contribution in [1.29, 1.82) is 5.26 Å². The van der Waals surface area contributed by atoms with E-state index < -0.39 is 40.4 Å². The molecule has 14 heteroatoms. The van der Waals surface area contributed by atoms with Crippen LogP contribution in [0.25, 0.3) is 16.7 Å². The molecule has 0 aliphatic rings. The van der Waals surface area contributed by atoms with Crippen molar-refractivity contribution in [3.8, 4) is 11.9 Å². The molecule has 4 aromatic rings. The van der Waals surface area contributed by atoms with Crippen molar-refractivity contribution in [2.75, 3.05) is 11.4 Å². The molecule has 1 aromatic carbocycles. The topological polar surface area (TPSA) is 96.4 Å². The van der Waals surface area contributed by atoms with Gasteiger partial charge in [-0.15, -0.1) is 6.58 Å². The van der Waals surface area contributed by atoms with Crippen LogP contribution >= 0.6 is 0 Å². The number of aromatic nitrogens is 6. The Balaban J connectivity index is 1.90. The molecule has 3 heterocycles. The smallest absolute Gasteiger partial charge is 0.342 e. The average Bonchev–Trinajstić information content (AvgIpc) is 3.35. The zero-order valence-corrected chi connectivity index (χ0v) is 19.0. The Labute approximate surface area is 205 Å². The predicted octanol–water partition coefficient (Wildman–Crippen LogP) is 5.27. The second kappa shape index (κ2) is 9.49. The SMILES string of the molecule is C=CCN(c1ncnc2c(C(F)(F)F)cc(C(F)(F)F)cc12)C(C)c1ncnn1-c1ccc(C#N)cn1. The maximum atomic E-state index is 13.7. The van der Waals surface area contributed by atoms with Crippen molar-refractivity contribution in [2.24, 2.45) is 0 Å². The molecule has 4 rings (SSSR count). The van der Waals surface area contributed by atoms with E-state index in [0.717, 1.165) is 6.33 Å². The van der Waals surface area contributed by atoms with E-state index in [9.17, 15) is 26.3 Å². The lowest BCUT2D eigenvalue weighted by molar-refractivity contribution is -0.142. The van der Waals surface area contributed by atoms with Gasteiger partial charge in [0.15, 0.2) is 11.6 Å². The minimum Gasteiger partial charge on any atom is -0.342 e. The molecule has 0 saturated carbocycles. The molecule has 1 atom stereocenters. The van der Waals surface area contributed by atoms with Crippen LogP contribution in [-0.2, 0) is 12.4 Å². The van der Waals surface area contributed by atoms with Crippen LogP contribution in [0.15, 0.2) is 55.8 Å². The summed E-state index contributed by atoms with van der Waals surface area (Å²) in [5, 5.41) is 12.7. The van der Waals surface area contributed by atoms with Gasteiger partial charge in [-0.2, -0.15) is 41.4 Å². The Morgan fingerprint density at radius 3 is 2.41 bits per heavy atom. The van der Waals surface area contributed by atoms with Crippen LogP contribution in [0.5, 0.6) is 0 Å². The van der Waals surface area contributed by atoms with Gasteiger partial charge in [0.05, 0.1) is 28.2 Å². The number of benzene rings is 1. The monoisotopic (exact) mass is 518 g/mol. The molecule has 0 saturated heterocycles. The summed E-state index contributed by atoms with van der Waals surface area (Å²) in [5.74, 6) is 0.369. The van der Waals surface area contributed by atoms with Crippen LogP contribution < -0.4 is 4.90 Å². The maximum Gasteiger partial charge on any atom is 0.418 e. The number of pyridine rings is 1. The van der Waals surface area contributed by atoms with Gasteiger partial charge in [-0.3, -0.25) is 0 Å². The molecule has 0 aliphatic heterocycles. The lowest BCUT2D eigenvalue weighted by Crippen LogP contribution is -2.30. The zero-order chi connectivity index (χ0) is 27.0. The molecule has 190 valence electrons. The molecule has 0 N–H and O–H groups in total. The fraction of sp³-hybridized carbons (Fsp3) is 0.217. The van der Waals surface area contributed by atoms with E-state index in [1.807, 2.05) is 6.07 Å². The van der Waals surface area contributed by atoms with E-state index >= 15 is 0 Å². The van der Waals surface area contributed by atoms with Crippen molar-refractivity contribution in [2.45, 2.75) is 25.3 Å². The van der Waals surface area contributed by atoms with Crippen LogP contribution in [0.3, 0.4) is 0 Å². The molecule has 0 amide bonds. The quantitative estimate of drug-likeness (QED) is 0.254. The number of fused-ring (bicyclic) bond motifs is 1. The van der Waals surface area contributed by atoms with E-state index in [1.54, 1.807) is 6.92 Å². The van der Waals surface area contributed by atoms with Gasteiger partial charge < -0.3 is 4.90 Å². The first kappa shape index (κ1) is 25.5. The van der Waals surface area contributed by atoms with Gasteiger partial charge in [0.1, 0.15) is 24.5 Å². The number of nitrogens with zero attached hydrogens (tertiary/aromatic N) is 8. The highest BCUT2D eigenvalue weighted by molar-refractivity contribution is 5.92. The first-order valence-electron chi connectivity index (χ1n) is 10.5. The minimum absolute atomic E-state index is 0.0153. The Morgan fingerprint density at radius 1 is 1.05 bits per heavy atom. The highest BCUT2D eigenvalue weighted by atomic mass is 19.4. The van der Waals surface area contributed by atoms with Crippen LogP contribution in [0.1, 0.15) is 35.5 Å². The maximum absolute atomic E-state index is 13.7. The van der Waals surface area contributed by atoms with E-state index in [0.29, 0.717) is 17.4 Å². The number of anilines is 1. The van der Waals surface area contributed by atoms with Gasteiger partial charge in [0, 0.05) is 18.1 Å². The molecular weight excluding hydrogens is 502 g/mol. The molecule has 0 radical (unpaired) electrons. The Hall–Kier alpha value is -4.54. The average molecular weight is 518 g/mol. The van der Waals surface area contributed by atoms with Gasteiger partial charge in [0.2, 0.25) is 0 Å². The van der Waals surface area contributed by atoms with E-state index in [4.69, 9.17) is 5.26 Å². The Morgan fingerprint density at radius 2 is 1.81 bits per heavy atom. The molecular formula is C23H16F6N8. The first-order valence-corrected chi connectivity index (χ1v) is 10.5. The van der Waals surface area contributed by atoms with Crippen LogP contribution in [0.4, 0.5) is 32.2 Å². The predicted molar refractivity (Wildman–Crippen MR) is 119 cm³/mol. The van der Waals surface area contributed by atoms with Gasteiger partial charge in [0.25, 0.3) is 0 Å². The summed E-state index contributed by atoms with van der Waals surface area (Å²) in [6, 6.07) is 4.82. The number of halogens is 6. The molecule has 3 aromatic heterocycles. The molecule has 37 heavy (non-hydrogen) atoms. The van der Waals surface area contributed by atoms with Gasteiger partial charge >= 0.3 is 12.4 Å². The highest BCUT2D eigenvalue weighted by Gasteiger charge is 2.39. The number of alkyl halides is 6. The molecule has 0 spiro atoms. The van der Waals surface area contributed by atoms with Gasteiger partial charge in [-0.25, -0.2) is 19.9 Å². The van der Waals surface area contributed by atoms with E-state index in [-0.39, 0.29) is 24.3 Å². The van der Waals surface area contributed by atoms with Crippen LogP contribution in [0, 0.1) is 11.3 Å². The summed E-state index contributed by atoms with van der Waals surface area (Å²) in [6.45, 7) is 5.26. The third-order valence-corrected chi connectivity index (χ3v) is 5.46. The Kier molecular flexibility index (Phi) is 6.55. The number of nitriles is 1. The summed E-state index contributed by atoms with van der Waals surface area (Å²) in [4.78, 5) is 17.5. The third-order valence-electron chi connectivity index (χ3n) is 5.46. The van der Waals surface area contributed by atoms with Crippen LogP contribution in [0.2, 0.25) is 0 Å². The molecule has 0 bridgehead atoms. The van der Waals surface area contributed by atoms with Gasteiger partial charge in [-0.05, 0) is 31.2 Å². The molecule has 1 unspecified atom stereocenters. The van der Waals surface area contributed by atoms with Crippen molar-refractivity contribution >= 4 is 16.7 Å². The molecule has 0 aliphatic carbocycles. The molecule has 8 nitrogen and oxygen atoms in total. The summed E-state index contributed by atoms with van der Waals surface area (Å²) < 4.78 is 83.2. The number of rotatable bonds is 6. The Bertz CT molecular complexity index is 1480. The summed E-state index contributed by atoms with van der Waals surface area (Å²) in [7, 11) is 0. The number of hydrogen-bond acceptors (Lipinski definition) is 7. The minimum atomic E-state index is -5.10. The van der Waals surface area contributed by atoms with Crippen LogP contribution in [-0.4, -0.2) is 36.3 Å². The fourth-order valence-electron chi connectivity index (χ4n) is 3.76. The van der Waals surface area contributed by atoms with E-state index in [1.165, 1.54) is 40.3 Å². The second-order valence-corrected chi connectivity index (χ2v) is 7.78. The normalized spacial score (nSPS) is 12.8. The summed E-state index contributed by atoms with van der Waals surface area (Å²) >= 11 is 0. The van der Waals surface area contributed by atoms with Crippen molar-refractivity contribution in [3.05, 3.63) is 78.3 Å². The lowest BCUT2D eigenvalue weighted by Gasteiger charge is -2.30. The largest absolute Gasteiger partial charge is 0.418 e. The highest BCUT2D eigenvalue weighted by Crippen LogP contribution is 2.42. The van der Waals surface area contributed by atoms with Crippen molar-refractivity contribution in [3.63, 3.8) is 0 Å². The number of hydrogen-bond donors (Lipinski definition) is 0. The third kappa shape index (κ3) is 4.92. The fourth-order valence-corrected chi connectivity index (χ4v) is 3.76. The summed E-state index contributed by atoms with van der Waals surface area (Å²) in [5.41, 5.74) is -3.39. The van der Waals surface area contributed by atoms with Gasteiger partial charge in [-0.1, -0.05) is 6.08 Å². The second-order valence-electron chi connectivity index (χ2n) is 7.78. The standard InChI is InChI=1S/C23H16F6N8/c1-3-6-36(13(2)20-34-12-35-37(20)18-5-4-14(9-30)10-31-18)21-16-7-15(22(24,25)26)8-17(23(27,28)29)19(16)32-11-33-21/h3-5,7-8,10-13H,1,6H2,2H3. The van der Waals surface area contributed by atoms with Crippen molar-refractivity contribution < 1.29 is 26.3 Å². The lowest BCUT2D eigenvalue weighted by atomic mass is 10.0. The zero-order valence-electron chi connectivity index (χ0n) is 19.0. The molecule has 0 fully saturated rings. The summed E-state index contributed by atoms with van der Waals surface area (Å²) in [6.07, 6.45) is -5.32. The van der Waals surface area contributed by atoms with E-state index in [2.05, 4.69) is 31.6 Å². The first-order chi connectivity index (χ1) is 17.5.